The molecule has 4 rings (SSSR count). The van der Waals surface area contributed by atoms with Crippen molar-refractivity contribution in [3.63, 3.8) is 0 Å². The summed E-state index contributed by atoms with van der Waals surface area (Å²) in [5.41, 5.74) is 4.75. The monoisotopic (exact) mass is 404 g/mol. The molecule has 148 valence electrons. The van der Waals surface area contributed by atoms with Crippen LogP contribution in [0.4, 0.5) is 16.2 Å². The number of benzene rings is 3. The molecule has 1 aliphatic rings. The Balaban J connectivity index is 1.90. The number of carbonyl (C=O) groups is 1. The van der Waals surface area contributed by atoms with Crippen LogP contribution in [0.25, 0.3) is 0 Å². The minimum absolute atomic E-state index is 0.0346. The van der Waals surface area contributed by atoms with Gasteiger partial charge in [-0.2, -0.15) is 0 Å². The van der Waals surface area contributed by atoms with Crippen molar-refractivity contribution in [1.82, 2.24) is 0 Å². The molecule has 3 aromatic carbocycles. The van der Waals surface area contributed by atoms with Crippen LogP contribution in [0.5, 0.6) is 0 Å². The van der Waals surface area contributed by atoms with Gasteiger partial charge in [-0.05, 0) is 69.7 Å². The van der Waals surface area contributed by atoms with Crippen LogP contribution in [0.2, 0.25) is 5.02 Å². The molecule has 0 bridgehead atoms. The van der Waals surface area contributed by atoms with Crippen LogP contribution in [0, 0.1) is 13.8 Å². The summed E-state index contributed by atoms with van der Waals surface area (Å²) in [5, 5.41) is 0.655. The first-order valence-corrected chi connectivity index (χ1v) is 10.2. The summed E-state index contributed by atoms with van der Waals surface area (Å²) < 4.78 is 0. The zero-order valence-electron chi connectivity index (χ0n) is 17.2. The smallest absolute Gasteiger partial charge is 0.286 e. The first-order chi connectivity index (χ1) is 13.8. The molecule has 0 aromatic heterocycles. The molecule has 0 radical (unpaired) electrons. The predicted octanol–water partition coefficient (Wildman–Crippen LogP) is 6.92. The van der Waals surface area contributed by atoms with E-state index in [4.69, 9.17) is 11.6 Å². The molecule has 3 nitrogen and oxygen atoms in total. The molecule has 0 aliphatic carbocycles. The second-order valence-electron chi connectivity index (χ2n) is 8.27. The molecule has 1 aliphatic heterocycles. The van der Waals surface area contributed by atoms with Crippen LogP contribution in [-0.2, 0) is 0 Å². The van der Waals surface area contributed by atoms with E-state index in [0.717, 1.165) is 16.9 Å². The molecule has 1 fully saturated rings. The van der Waals surface area contributed by atoms with E-state index >= 15 is 0 Å². The van der Waals surface area contributed by atoms with Crippen molar-refractivity contribution in [3.05, 3.63) is 94.5 Å². The standard InChI is InChI=1S/C25H25ClN2O/c1-17-8-12-22(13-9-17)28-24(29)27(21-14-10-20(26)11-15-21)23(25(28,3)4)19-7-5-6-18(2)16-19/h5-16,23H,1-4H3. The van der Waals surface area contributed by atoms with Crippen LogP contribution in [0.3, 0.4) is 0 Å². The molecule has 1 saturated heterocycles. The molecule has 1 heterocycles. The Bertz CT molecular complexity index is 1040. The third-order valence-electron chi connectivity index (χ3n) is 5.66. The van der Waals surface area contributed by atoms with E-state index in [9.17, 15) is 4.79 Å². The van der Waals surface area contributed by atoms with E-state index in [1.807, 2.05) is 58.3 Å². The lowest BCUT2D eigenvalue weighted by Gasteiger charge is -2.35. The Morgan fingerprint density at radius 3 is 2.07 bits per heavy atom. The van der Waals surface area contributed by atoms with E-state index < -0.39 is 5.54 Å². The second-order valence-corrected chi connectivity index (χ2v) is 8.71. The SMILES string of the molecule is Cc1ccc(N2C(=O)N(c3ccc(Cl)cc3)C(c3cccc(C)c3)C2(C)C)cc1. The Morgan fingerprint density at radius 1 is 0.828 bits per heavy atom. The molecule has 1 unspecified atom stereocenters. The number of rotatable bonds is 3. The summed E-state index contributed by atoms with van der Waals surface area (Å²) in [4.78, 5) is 17.6. The number of hydrogen-bond donors (Lipinski definition) is 0. The maximum absolute atomic E-state index is 13.8. The Morgan fingerprint density at radius 2 is 1.45 bits per heavy atom. The van der Waals surface area contributed by atoms with E-state index in [-0.39, 0.29) is 12.1 Å². The highest BCUT2D eigenvalue weighted by Gasteiger charge is 2.53. The number of amides is 2. The molecular formula is C25H25ClN2O. The van der Waals surface area contributed by atoms with Crippen molar-refractivity contribution in [3.8, 4) is 0 Å². The number of aryl methyl sites for hydroxylation is 2. The fourth-order valence-electron chi connectivity index (χ4n) is 4.30. The summed E-state index contributed by atoms with van der Waals surface area (Å²) in [6.45, 7) is 8.40. The van der Waals surface area contributed by atoms with Crippen molar-refractivity contribution < 1.29 is 4.79 Å². The molecule has 0 saturated carbocycles. The summed E-state index contributed by atoms with van der Waals surface area (Å²) in [5.74, 6) is 0. The highest BCUT2D eigenvalue weighted by Crippen LogP contribution is 2.47. The molecule has 2 amide bonds. The third kappa shape index (κ3) is 3.40. The van der Waals surface area contributed by atoms with Gasteiger partial charge in [-0.3, -0.25) is 9.80 Å². The fraction of sp³-hybridized carbons (Fsp3) is 0.240. The molecule has 4 heteroatoms. The number of nitrogens with zero attached hydrogens (tertiary/aromatic N) is 2. The number of urea groups is 1. The van der Waals surface area contributed by atoms with Gasteiger partial charge in [-0.1, -0.05) is 59.1 Å². The Hall–Kier alpha value is -2.78. The van der Waals surface area contributed by atoms with Gasteiger partial charge >= 0.3 is 6.03 Å². The average molecular weight is 405 g/mol. The second kappa shape index (κ2) is 7.23. The normalized spacial score (nSPS) is 18.4. The maximum Gasteiger partial charge on any atom is 0.330 e. The fourth-order valence-corrected chi connectivity index (χ4v) is 4.42. The van der Waals surface area contributed by atoms with Crippen molar-refractivity contribution in [1.29, 1.82) is 0 Å². The lowest BCUT2D eigenvalue weighted by Crippen LogP contribution is -2.43. The molecule has 1 atom stereocenters. The average Bonchev–Trinajstić information content (AvgIpc) is 2.89. The zero-order valence-corrected chi connectivity index (χ0v) is 17.9. The summed E-state index contributed by atoms with van der Waals surface area (Å²) >= 11 is 6.11. The predicted molar refractivity (Wildman–Crippen MR) is 121 cm³/mol. The summed E-state index contributed by atoms with van der Waals surface area (Å²) in [6, 6.07) is 23.9. The van der Waals surface area contributed by atoms with Gasteiger partial charge in [0.25, 0.3) is 0 Å². The van der Waals surface area contributed by atoms with Gasteiger partial charge in [0.05, 0.1) is 11.6 Å². The number of anilines is 2. The van der Waals surface area contributed by atoms with Crippen LogP contribution in [-0.4, -0.2) is 11.6 Å². The van der Waals surface area contributed by atoms with Crippen LogP contribution < -0.4 is 9.80 Å². The largest absolute Gasteiger partial charge is 0.330 e. The van der Waals surface area contributed by atoms with Crippen LogP contribution >= 0.6 is 11.6 Å². The van der Waals surface area contributed by atoms with Gasteiger partial charge in [0.2, 0.25) is 0 Å². The molecule has 3 aromatic rings. The van der Waals surface area contributed by atoms with Gasteiger partial charge in [0.1, 0.15) is 0 Å². The maximum atomic E-state index is 13.8. The molecular weight excluding hydrogens is 380 g/mol. The minimum Gasteiger partial charge on any atom is -0.286 e. The highest BCUT2D eigenvalue weighted by molar-refractivity contribution is 6.30. The molecule has 0 N–H and O–H groups in total. The first kappa shape index (κ1) is 19.5. The summed E-state index contributed by atoms with van der Waals surface area (Å²) in [7, 11) is 0. The van der Waals surface area contributed by atoms with E-state index in [2.05, 4.69) is 52.0 Å². The quantitative estimate of drug-likeness (QED) is 0.464. The summed E-state index contributed by atoms with van der Waals surface area (Å²) in [6.07, 6.45) is 0. The van der Waals surface area contributed by atoms with Crippen LogP contribution in [0.1, 0.15) is 36.6 Å². The molecule has 29 heavy (non-hydrogen) atoms. The Labute approximate surface area is 177 Å². The lowest BCUT2D eigenvalue weighted by molar-refractivity contribution is 0.254. The van der Waals surface area contributed by atoms with Crippen molar-refractivity contribution >= 4 is 29.0 Å². The first-order valence-electron chi connectivity index (χ1n) is 9.81. The number of hydrogen-bond acceptors (Lipinski definition) is 1. The van der Waals surface area contributed by atoms with Gasteiger partial charge in [0.15, 0.2) is 0 Å². The van der Waals surface area contributed by atoms with E-state index in [1.54, 1.807) is 0 Å². The van der Waals surface area contributed by atoms with Gasteiger partial charge in [-0.15, -0.1) is 0 Å². The van der Waals surface area contributed by atoms with Crippen molar-refractivity contribution in [2.24, 2.45) is 0 Å². The minimum atomic E-state index is -0.459. The van der Waals surface area contributed by atoms with Gasteiger partial charge in [0, 0.05) is 16.4 Å². The molecule has 0 spiro atoms. The highest BCUT2D eigenvalue weighted by atomic mass is 35.5. The van der Waals surface area contributed by atoms with Crippen molar-refractivity contribution in [2.45, 2.75) is 39.3 Å². The lowest BCUT2D eigenvalue weighted by atomic mass is 9.87. The van der Waals surface area contributed by atoms with E-state index in [1.165, 1.54) is 11.1 Å². The topological polar surface area (TPSA) is 23.6 Å². The Kier molecular flexibility index (Phi) is 4.87. The van der Waals surface area contributed by atoms with Crippen LogP contribution in [0.15, 0.2) is 72.8 Å². The third-order valence-corrected chi connectivity index (χ3v) is 5.91. The number of carbonyl (C=O) groups excluding carboxylic acids is 1. The zero-order chi connectivity index (χ0) is 20.8. The van der Waals surface area contributed by atoms with E-state index in [0.29, 0.717) is 5.02 Å². The van der Waals surface area contributed by atoms with Gasteiger partial charge in [-0.25, -0.2) is 4.79 Å². The van der Waals surface area contributed by atoms with Crippen molar-refractivity contribution in [2.75, 3.05) is 9.80 Å². The van der Waals surface area contributed by atoms with Gasteiger partial charge < -0.3 is 0 Å². The number of halogens is 1.